The highest BCUT2D eigenvalue weighted by Gasteiger charge is 2.32. The number of pyridine rings is 1. The molecule has 0 aliphatic heterocycles. The number of aliphatic hydroxyl groups is 1. The Kier molecular flexibility index (Phi) is 7.16. The van der Waals surface area contributed by atoms with E-state index in [-0.39, 0.29) is 24.3 Å². The van der Waals surface area contributed by atoms with Crippen LogP contribution in [0, 0.1) is 5.41 Å². The fraction of sp³-hybridized carbons (Fsp3) is 0.588. The quantitative estimate of drug-likeness (QED) is 0.715. The summed E-state index contributed by atoms with van der Waals surface area (Å²) in [4.78, 5) is 28.3. The van der Waals surface area contributed by atoms with Gasteiger partial charge in [-0.15, -0.1) is 0 Å². The number of hydrogen-bond acceptors (Lipinski definition) is 5. The van der Waals surface area contributed by atoms with E-state index >= 15 is 0 Å². The normalized spacial score (nSPS) is 14.0. The lowest BCUT2D eigenvalue weighted by Gasteiger charge is -2.26. The molecule has 0 unspecified atom stereocenters. The van der Waals surface area contributed by atoms with Crippen molar-refractivity contribution in [2.45, 2.75) is 52.7 Å². The summed E-state index contributed by atoms with van der Waals surface area (Å²) in [7, 11) is 0. The zero-order chi connectivity index (χ0) is 17.5. The fourth-order valence-corrected chi connectivity index (χ4v) is 2.03. The monoisotopic (exact) mass is 322 g/mol. The summed E-state index contributed by atoms with van der Waals surface area (Å²) in [6, 6.07) is 2.15. The van der Waals surface area contributed by atoms with Crippen LogP contribution in [0.25, 0.3) is 0 Å². The van der Waals surface area contributed by atoms with Crippen molar-refractivity contribution in [1.29, 1.82) is 0 Å². The first-order valence-electron chi connectivity index (χ1n) is 7.84. The van der Waals surface area contributed by atoms with Crippen LogP contribution in [0.5, 0.6) is 0 Å². The van der Waals surface area contributed by atoms with Crippen LogP contribution < -0.4 is 5.32 Å². The van der Waals surface area contributed by atoms with Crippen molar-refractivity contribution >= 4 is 11.9 Å². The molecular weight excluding hydrogens is 296 g/mol. The number of aromatic nitrogens is 1. The van der Waals surface area contributed by atoms with Gasteiger partial charge in [-0.1, -0.05) is 33.3 Å². The van der Waals surface area contributed by atoms with Gasteiger partial charge in [-0.2, -0.15) is 0 Å². The van der Waals surface area contributed by atoms with E-state index in [0.717, 1.165) is 6.42 Å². The Labute approximate surface area is 137 Å². The molecule has 1 aromatic heterocycles. The number of amides is 1. The van der Waals surface area contributed by atoms with Crippen molar-refractivity contribution in [2.24, 2.45) is 5.41 Å². The van der Waals surface area contributed by atoms with Gasteiger partial charge in [0.1, 0.15) is 6.10 Å². The number of aliphatic hydroxyl groups excluding tert-OH is 1. The van der Waals surface area contributed by atoms with Crippen LogP contribution in [0.1, 0.15) is 52.2 Å². The Morgan fingerprint density at radius 1 is 1.39 bits per heavy atom. The minimum Gasteiger partial charge on any atom is -0.464 e. The number of ether oxygens (including phenoxy) is 1. The Bertz CT molecular complexity index is 517. The fourth-order valence-electron chi connectivity index (χ4n) is 2.03. The molecule has 23 heavy (non-hydrogen) atoms. The molecule has 128 valence electrons. The molecule has 1 rings (SSSR count). The lowest BCUT2D eigenvalue weighted by Crippen LogP contribution is -2.46. The summed E-state index contributed by atoms with van der Waals surface area (Å²) in [5.41, 5.74) is 0.267. The summed E-state index contributed by atoms with van der Waals surface area (Å²) >= 11 is 0. The number of hydrogen-bond donors (Lipinski definition) is 2. The Balaban J connectivity index is 2.89. The van der Waals surface area contributed by atoms with Crippen molar-refractivity contribution in [3.05, 3.63) is 30.1 Å². The Morgan fingerprint density at radius 3 is 2.61 bits per heavy atom. The second kappa shape index (κ2) is 8.62. The predicted molar refractivity (Wildman–Crippen MR) is 86.4 cm³/mol. The lowest BCUT2D eigenvalue weighted by molar-refractivity contribution is -0.151. The van der Waals surface area contributed by atoms with E-state index in [1.54, 1.807) is 25.3 Å². The summed E-state index contributed by atoms with van der Waals surface area (Å²) in [6.07, 6.45) is 2.91. The van der Waals surface area contributed by atoms with Gasteiger partial charge in [-0.3, -0.25) is 9.78 Å². The van der Waals surface area contributed by atoms with E-state index in [0.29, 0.717) is 5.56 Å². The number of carbonyl (C=O) groups is 2. The summed E-state index contributed by atoms with van der Waals surface area (Å²) in [5.74, 6) is -0.954. The molecule has 2 atom stereocenters. The molecule has 0 aromatic carbocycles. The number of nitrogens with zero attached hydrogens (tertiary/aromatic N) is 1. The molecule has 6 heteroatoms. The van der Waals surface area contributed by atoms with Crippen molar-refractivity contribution in [2.75, 3.05) is 6.61 Å². The molecule has 1 aromatic rings. The topological polar surface area (TPSA) is 88.5 Å². The lowest BCUT2D eigenvalue weighted by atomic mass is 9.86. The zero-order valence-electron chi connectivity index (χ0n) is 14.2. The smallest absolute Gasteiger partial charge is 0.331 e. The van der Waals surface area contributed by atoms with E-state index in [4.69, 9.17) is 4.74 Å². The zero-order valence-corrected chi connectivity index (χ0v) is 14.2. The van der Waals surface area contributed by atoms with Crippen molar-refractivity contribution in [3.63, 3.8) is 0 Å². The molecule has 0 aliphatic carbocycles. The van der Waals surface area contributed by atoms with Gasteiger partial charge in [0, 0.05) is 24.4 Å². The third kappa shape index (κ3) is 5.98. The van der Waals surface area contributed by atoms with Gasteiger partial charge in [0.2, 0.25) is 5.91 Å². The average molecular weight is 322 g/mol. The van der Waals surface area contributed by atoms with Gasteiger partial charge < -0.3 is 15.2 Å². The highest BCUT2D eigenvalue weighted by molar-refractivity contribution is 5.85. The highest BCUT2D eigenvalue weighted by atomic mass is 16.5. The van der Waals surface area contributed by atoms with Crippen LogP contribution in [0.4, 0.5) is 0 Å². The van der Waals surface area contributed by atoms with E-state index in [1.807, 2.05) is 20.8 Å². The van der Waals surface area contributed by atoms with Crippen LogP contribution >= 0.6 is 0 Å². The molecule has 6 nitrogen and oxygen atoms in total. The first kappa shape index (κ1) is 19.1. The molecule has 2 N–H and O–H groups in total. The van der Waals surface area contributed by atoms with Crippen LogP contribution in [0.2, 0.25) is 0 Å². The first-order chi connectivity index (χ1) is 10.8. The van der Waals surface area contributed by atoms with Crippen molar-refractivity contribution in [1.82, 2.24) is 10.3 Å². The largest absolute Gasteiger partial charge is 0.464 e. The van der Waals surface area contributed by atoms with Crippen molar-refractivity contribution < 1.29 is 19.4 Å². The molecule has 0 fully saturated rings. The SMILES string of the molecule is CCOC(=O)[C@@H](NC(=O)CC(C)(C)CC)[C@@H](O)c1cccnc1. The second-order valence-corrected chi connectivity index (χ2v) is 6.22. The summed E-state index contributed by atoms with van der Waals surface area (Å²) in [5, 5.41) is 13.0. The number of nitrogens with one attached hydrogen (secondary N) is 1. The van der Waals surface area contributed by atoms with E-state index in [1.165, 1.54) is 6.20 Å². The minimum absolute atomic E-state index is 0.172. The molecule has 1 amide bonds. The molecule has 0 aliphatic rings. The van der Waals surface area contributed by atoms with Crippen molar-refractivity contribution in [3.8, 4) is 0 Å². The number of rotatable bonds is 8. The van der Waals surface area contributed by atoms with Gasteiger partial charge in [0.25, 0.3) is 0 Å². The van der Waals surface area contributed by atoms with Crippen LogP contribution in [0.3, 0.4) is 0 Å². The van der Waals surface area contributed by atoms with E-state index < -0.39 is 18.1 Å². The maximum Gasteiger partial charge on any atom is 0.331 e. The van der Waals surface area contributed by atoms with Gasteiger partial charge in [-0.05, 0) is 18.4 Å². The molecule has 0 radical (unpaired) electrons. The number of esters is 1. The van der Waals surface area contributed by atoms with Crippen LogP contribution in [-0.4, -0.2) is 34.6 Å². The second-order valence-electron chi connectivity index (χ2n) is 6.22. The van der Waals surface area contributed by atoms with Gasteiger partial charge in [-0.25, -0.2) is 4.79 Å². The molecule has 0 saturated heterocycles. The maximum atomic E-state index is 12.2. The summed E-state index contributed by atoms with van der Waals surface area (Å²) < 4.78 is 4.97. The van der Waals surface area contributed by atoms with Gasteiger partial charge >= 0.3 is 5.97 Å². The third-order valence-corrected chi connectivity index (χ3v) is 3.79. The Hall–Kier alpha value is -1.95. The number of carbonyl (C=O) groups excluding carboxylic acids is 2. The molecule has 0 saturated carbocycles. The average Bonchev–Trinajstić information content (AvgIpc) is 2.52. The van der Waals surface area contributed by atoms with Crippen LogP contribution in [0.15, 0.2) is 24.5 Å². The molecular formula is C17H26N2O4. The van der Waals surface area contributed by atoms with Gasteiger partial charge in [0.05, 0.1) is 6.61 Å². The van der Waals surface area contributed by atoms with Gasteiger partial charge in [0.15, 0.2) is 6.04 Å². The first-order valence-corrected chi connectivity index (χ1v) is 7.84. The maximum absolute atomic E-state index is 12.2. The molecule has 0 spiro atoms. The van der Waals surface area contributed by atoms with Crippen LogP contribution in [-0.2, 0) is 14.3 Å². The Morgan fingerprint density at radius 2 is 2.09 bits per heavy atom. The minimum atomic E-state index is -1.21. The van der Waals surface area contributed by atoms with E-state index in [2.05, 4.69) is 10.3 Å². The third-order valence-electron chi connectivity index (χ3n) is 3.79. The standard InChI is InChI=1S/C17H26N2O4/c1-5-17(3,4)10-13(20)19-14(16(22)23-6-2)15(21)12-8-7-9-18-11-12/h7-9,11,14-15,21H,5-6,10H2,1-4H3,(H,19,20)/t14-,15-/m0/s1. The molecule has 0 bridgehead atoms. The predicted octanol–water partition coefficient (Wildman–Crippen LogP) is 1.99. The summed E-state index contributed by atoms with van der Waals surface area (Å²) in [6.45, 7) is 7.80. The highest BCUT2D eigenvalue weighted by Crippen LogP contribution is 2.25. The molecule has 1 heterocycles. The van der Waals surface area contributed by atoms with E-state index in [9.17, 15) is 14.7 Å².